The zero-order valence-electron chi connectivity index (χ0n) is 13.5. The van der Waals surface area contributed by atoms with Gasteiger partial charge >= 0.3 is 0 Å². The van der Waals surface area contributed by atoms with Crippen LogP contribution in [0.4, 0.5) is 0 Å². The summed E-state index contributed by atoms with van der Waals surface area (Å²) in [4.78, 5) is 11.1. The lowest BCUT2D eigenvalue weighted by atomic mass is 9.88. The molecule has 3 rings (SSSR count). The Hall–Kier alpha value is -1.55. The van der Waals surface area contributed by atoms with Gasteiger partial charge in [0.15, 0.2) is 0 Å². The van der Waals surface area contributed by atoms with E-state index in [4.69, 9.17) is 4.74 Å². The first-order valence-electron chi connectivity index (χ1n) is 8.38. The van der Waals surface area contributed by atoms with Crippen LogP contribution < -0.4 is 15.4 Å². The van der Waals surface area contributed by atoms with Gasteiger partial charge in [-0.05, 0) is 38.7 Å². The second kappa shape index (κ2) is 6.69. The Bertz CT molecular complexity index is 524. The van der Waals surface area contributed by atoms with Gasteiger partial charge in [-0.25, -0.2) is 0 Å². The fourth-order valence-corrected chi connectivity index (χ4v) is 3.78. The predicted molar refractivity (Wildman–Crippen MR) is 87.1 cm³/mol. The number of para-hydroxylation sites is 1. The summed E-state index contributed by atoms with van der Waals surface area (Å²) in [5.74, 6) is 1.56. The van der Waals surface area contributed by atoms with Gasteiger partial charge in [-0.15, -0.1) is 0 Å². The lowest BCUT2D eigenvalue weighted by Gasteiger charge is -2.33. The third kappa shape index (κ3) is 3.43. The van der Waals surface area contributed by atoms with Crippen molar-refractivity contribution in [2.45, 2.75) is 63.6 Å². The van der Waals surface area contributed by atoms with Crippen LogP contribution >= 0.6 is 0 Å². The topological polar surface area (TPSA) is 50.4 Å². The fourth-order valence-electron chi connectivity index (χ4n) is 3.78. The average molecular weight is 302 g/mol. The summed E-state index contributed by atoms with van der Waals surface area (Å²) in [6.45, 7) is 4.63. The lowest BCUT2D eigenvalue weighted by molar-refractivity contribution is -0.119. The molecular formula is C18H26N2O2. The zero-order valence-corrected chi connectivity index (χ0v) is 13.5. The Morgan fingerprint density at radius 3 is 2.59 bits per heavy atom. The first kappa shape index (κ1) is 15.3. The van der Waals surface area contributed by atoms with Crippen molar-refractivity contribution in [3.05, 3.63) is 29.8 Å². The van der Waals surface area contributed by atoms with Gasteiger partial charge in [-0.1, -0.05) is 18.2 Å². The van der Waals surface area contributed by atoms with Crippen LogP contribution in [0.5, 0.6) is 5.75 Å². The van der Waals surface area contributed by atoms with E-state index in [1.165, 1.54) is 5.56 Å². The molecule has 1 amide bonds. The van der Waals surface area contributed by atoms with E-state index in [2.05, 4.69) is 35.8 Å². The molecule has 2 aliphatic rings. The summed E-state index contributed by atoms with van der Waals surface area (Å²) in [7, 11) is 0. The molecule has 1 aromatic rings. The van der Waals surface area contributed by atoms with Gasteiger partial charge in [0.05, 0.1) is 6.61 Å². The third-order valence-corrected chi connectivity index (χ3v) is 4.97. The van der Waals surface area contributed by atoms with Crippen molar-refractivity contribution in [3.63, 3.8) is 0 Å². The van der Waals surface area contributed by atoms with E-state index in [9.17, 15) is 4.79 Å². The SMILES string of the molecule is CC(=O)NC1CCC(N[C@@H](C)[C@H]2COc3ccccc32)CC1. The average Bonchev–Trinajstić information content (AvgIpc) is 2.93. The first-order chi connectivity index (χ1) is 10.6. The van der Waals surface area contributed by atoms with Crippen LogP contribution in [0.2, 0.25) is 0 Å². The van der Waals surface area contributed by atoms with Crippen molar-refractivity contribution in [2.24, 2.45) is 0 Å². The minimum atomic E-state index is 0.0875. The molecule has 0 bridgehead atoms. The van der Waals surface area contributed by atoms with Crippen LogP contribution in [0.25, 0.3) is 0 Å². The number of carbonyl (C=O) groups excluding carboxylic acids is 1. The first-order valence-corrected chi connectivity index (χ1v) is 8.38. The number of rotatable bonds is 4. The van der Waals surface area contributed by atoms with Crippen LogP contribution in [-0.2, 0) is 4.79 Å². The molecule has 0 unspecified atom stereocenters. The predicted octanol–water partition coefficient (Wildman–Crippen LogP) is 2.59. The van der Waals surface area contributed by atoms with E-state index >= 15 is 0 Å². The molecule has 0 saturated heterocycles. The van der Waals surface area contributed by atoms with Gasteiger partial charge in [0.25, 0.3) is 0 Å². The molecule has 4 heteroatoms. The molecule has 1 aromatic carbocycles. The summed E-state index contributed by atoms with van der Waals surface area (Å²) in [5, 5.41) is 6.82. The van der Waals surface area contributed by atoms with Gasteiger partial charge in [-0.2, -0.15) is 0 Å². The molecule has 22 heavy (non-hydrogen) atoms. The maximum absolute atomic E-state index is 11.1. The molecular weight excluding hydrogens is 276 g/mol. The summed E-state index contributed by atoms with van der Waals surface area (Å²) in [6.07, 6.45) is 4.40. The van der Waals surface area contributed by atoms with E-state index in [1.807, 2.05) is 6.07 Å². The largest absolute Gasteiger partial charge is 0.493 e. The highest BCUT2D eigenvalue weighted by atomic mass is 16.5. The highest BCUT2D eigenvalue weighted by Crippen LogP contribution is 2.36. The molecule has 0 spiro atoms. The molecule has 1 fully saturated rings. The van der Waals surface area contributed by atoms with E-state index in [0.29, 0.717) is 24.0 Å². The van der Waals surface area contributed by atoms with Gasteiger partial charge < -0.3 is 15.4 Å². The second-order valence-corrected chi connectivity index (χ2v) is 6.66. The summed E-state index contributed by atoms with van der Waals surface area (Å²) in [5.41, 5.74) is 1.33. The van der Waals surface area contributed by atoms with Gasteiger partial charge in [-0.3, -0.25) is 4.79 Å². The number of amides is 1. The number of nitrogens with one attached hydrogen (secondary N) is 2. The fraction of sp³-hybridized carbons (Fsp3) is 0.611. The number of hydrogen-bond acceptors (Lipinski definition) is 3. The Morgan fingerprint density at radius 2 is 1.86 bits per heavy atom. The molecule has 2 N–H and O–H groups in total. The normalized spacial score (nSPS) is 28.5. The smallest absolute Gasteiger partial charge is 0.217 e. The molecule has 1 saturated carbocycles. The Morgan fingerprint density at radius 1 is 1.18 bits per heavy atom. The van der Waals surface area contributed by atoms with E-state index in [0.717, 1.165) is 38.0 Å². The third-order valence-electron chi connectivity index (χ3n) is 4.97. The van der Waals surface area contributed by atoms with E-state index in [1.54, 1.807) is 6.92 Å². The molecule has 1 aliphatic carbocycles. The van der Waals surface area contributed by atoms with Gasteiger partial charge in [0.2, 0.25) is 5.91 Å². The van der Waals surface area contributed by atoms with Crippen molar-refractivity contribution in [3.8, 4) is 5.75 Å². The van der Waals surface area contributed by atoms with Gasteiger partial charge in [0.1, 0.15) is 5.75 Å². The number of carbonyl (C=O) groups is 1. The number of benzene rings is 1. The van der Waals surface area contributed by atoms with Crippen LogP contribution in [0.1, 0.15) is 51.0 Å². The van der Waals surface area contributed by atoms with Crippen molar-refractivity contribution >= 4 is 5.91 Å². The minimum Gasteiger partial charge on any atom is -0.493 e. The number of hydrogen-bond donors (Lipinski definition) is 2. The Balaban J connectivity index is 1.51. The molecule has 120 valence electrons. The summed E-state index contributed by atoms with van der Waals surface area (Å²) < 4.78 is 5.79. The lowest BCUT2D eigenvalue weighted by Crippen LogP contribution is -2.45. The van der Waals surface area contributed by atoms with Crippen molar-refractivity contribution in [2.75, 3.05) is 6.61 Å². The van der Waals surface area contributed by atoms with Gasteiger partial charge in [0, 0.05) is 36.5 Å². The summed E-state index contributed by atoms with van der Waals surface area (Å²) in [6, 6.07) is 9.67. The molecule has 1 heterocycles. The van der Waals surface area contributed by atoms with Crippen molar-refractivity contribution < 1.29 is 9.53 Å². The van der Waals surface area contributed by atoms with Crippen molar-refractivity contribution in [1.29, 1.82) is 0 Å². The van der Waals surface area contributed by atoms with Crippen LogP contribution in [0.3, 0.4) is 0 Å². The minimum absolute atomic E-state index is 0.0875. The van der Waals surface area contributed by atoms with Crippen molar-refractivity contribution in [1.82, 2.24) is 10.6 Å². The highest BCUT2D eigenvalue weighted by Gasteiger charge is 2.31. The molecule has 2 atom stereocenters. The van der Waals surface area contributed by atoms with Crippen LogP contribution in [-0.4, -0.2) is 30.6 Å². The Kier molecular flexibility index (Phi) is 4.67. The molecule has 4 nitrogen and oxygen atoms in total. The maximum Gasteiger partial charge on any atom is 0.217 e. The molecule has 1 aliphatic heterocycles. The monoisotopic (exact) mass is 302 g/mol. The highest BCUT2D eigenvalue weighted by molar-refractivity contribution is 5.73. The molecule has 0 aromatic heterocycles. The van der Waals surface area contributed by atoms with E-state index < -0.39 is 0 Å². The van der Waals surface area contributed by atoms with Crippen LogP contribution in [0, 0.1) is 0 Å². The standard InChI is InChI=1S/C18H26N2O2/c1-12(17-11-22-18-6-4-3-5-16(17)18)19-14-7-9-15(10-8-14)20-13(2)21/h3-6,12,14-15,17,19H,7-11H2,1-2H3,(H,20,21)/t12-,14?,15?,17+/m0/s1. The quantitative estimate of drug-likeness (QED) is 0.899. The molecule has 0 radical (unpaired) electrons. The maximum atomic E-state index is 11.1. The second-order valence-electron chi connectivity index (χ2n) is 6.66. The van der Waals surface area contributed by atoms with Crippen LogP contribution in [0.15, 0.2) is 24.3 Å². The summed E-state index contributed by atoms with van der Waals surface area (Å²) >= 11 is 0. The number of fused-ring (bicyclic) bond motifs is 1. The number of ether oxygens (including phenoxy) is 1. The van der Waals surface area contributed by atoms with E-state index in [-0.39, 0.29) is 5.91 Å². The Labute approximate surface area is 132 Å². The zero-order chi connectivity index (χ0) is 15.5.